The average Bonchev–Trinajstić information content (AvgIpc) is 1.85. The highest BCUT2D eigenvalue weighted by molar-refractivity contribution is 5.77. The second kappa shape index (κ2) is 3.74. The van der Waals surface area contributed by atoms with Gasteiger partial charge in [-0.3, -0.25) is 4.99 Å². The first-order chi connectivity index (χ1) is 5.18. The zero-order chi connectivity index (χ0) is 8.27. The summed E-state index contributed by atoms with van der Waals surface area (Å²) in [6.07, 6.45) is 5.16. The third kappa shape index (κ3) is 2.91. The molecule has 2 nitrogen and oxygen atoms in total. The fourth-order valence-corrected chi connectivity index (χ4v) is 1.81. The standard InChI is InChI=1S/C9H18N2/c1-7-4-3-5-9(6-7)11-8(2)10/h7,9H,3-6H2,1-2H3,(H2,10,11). The molecule has 1 aliphatic carbocycles. The predicted molar refractivity (Wildman–Crippen MR) is 48.7 cm³/mol. The second-order valence-corrected chi connectivity index (χ2v) is 3.70. The van der Waals surface area contributed by atoms with Crippen molar-refractivity contribution in [2.75, 3.05) is 0 Å². The van der Waals surface area contributed by atoms with Crippen molar-refractivity contribution in [1.29, 1.82) is 0 Å². The SMILES string of the molecule is CC(N)=NC1CCCC(C)C1. The molecule has 2 N–H and O–H groups in total. The van der Waals surface area contributed by atoms with Crippen LogP contribution in [0.5, 0.6) is 0 Å². The van der Waals surface area contributed by atoms with Crippen LogP contribution < -0.4 is 5.73 Å². The molecular formula is C9H18N2. The zero-order valence-electron chi connectivity index (χ0n) is 7.51. The van der Waals surface area contributed by atoms with Gasteiger partial charge in [-0.2, -0.15) is 0 Å². The number of rotatable bonds is 1. The Morgan fingerprint density at radius 3 is 2.73 bits per heavy atom. The third-order valence-corrected chi connectivity index (χ3v) is 2.29. The fraction of sp³-hybridized carbons (Fsp3) is 0.889. The molecule has 1 aliphatic rings. The molecule has 0 aromatic heterocycles. The lowest BCUT2D eigenvalue weighted by Gasteiger charge is -2.23. The van der Waals surface area contributed by atoms with Crippen LogP contribution in [0.4, 0.5) is 0 Å². The van der Waals surface area contributed by atoms with Gasteiger partial charge in [-0.25, -0.2) is 0 Å². The molecule has 0 radical (unpaired) electrons. The number of hydrogen-bond acceptors (Lipinski definition) is 1. The Kier molecular flexibility index (Phi) is 2.92. The van der Waals surface area contributed by atoms with Crippen LogP contribution in [0.1, 0.15) is 39.5 Å². The van der Waals surface area contributed by atoms with Crippen LogP contribution in [-0.4, -0.2) is 11.9 Å². The Morgan fingerprint density at radius 2 is 2.18 bits per heavy atom. The number of hydrogen-bond donors (Lipinski definition) is 1. The van der Waals surface area contributed by atoms with Gasteiger partial charge in [0.25, 0.3) is 0 Å². The molecule has 0 amide bonds. The van der Waals surface area contributed by atoms with Gasteiger partial charge in [0, 0.05) is 0 Å². The van der Waals surface area contributed by atoms with Gasteiger partial charge >= 0.3 is 0 Å². The first-order valence-electron chi connectivity index (χ1n) is 4.48. The van der Waals surface area contributed by atoms with Crippen molar-refractivity contribution < 1.29 is 0 Å². The summed E-state index contributed by atoms with van der Waals surface area (Å²) in [5.41, 5.74) is 5.52. The van der Waals surface area contributed by atoms with E-state index in [0.717, 1.165) is 11.8 Å². The normalized spacial score (nSPS) is 33.8. The molecule has 2 unspecified atom stereocenters. The van der Waals surface area contributed by atoms with Crippen molar-refractivity contribution in [2.45, 2.75) is 45.6 Å². The van der Waals surface area contributed by atoms with Gasteiger partial charge in [0.05, 0.1) is 11.9 Å². The Labute approximate surface area is 68.9 Å². The van der Waals surface area contributed by atoms with E-state index in [-0.39, 0.29) is 0 Å². The topological polar surface area (TPSA) is 38.4 Å². The monoisotopic (exact) mass is 154 g/mol. The van der Waals surface area contributed by atoms with Crippen molar-refractivity contribution in [3.05, 3.63) is 0 Å². The van der Waals surface area contributed by atoms with Crippen LogP contribution in [-0.2, 0) is 0 Å². The van der Waals surface area contributed by atoms with Crippen LogP contribution in [0.2, 0.25) is 0 Å². The molecule has 0 heterocycles. The van der Waals surface area contributed by atoms with Gasteiger partial charge in [0.1, 0.15) is 0 Å². The minimum absolute atomic E-state index is 0.517. The maximum atomic E-state index is 5.52. The number of nitrogens with zero attached hydrogens (tertiary/aromatic N) is 1. The van der Waals surface area contributed by atoms with Crippen LogP contribution in [0.3, 0.4) is 0 Å². The number of aliphatic imine (C=N–C) groups is 1. The van der Waals surface area contributed by atoms with E-state index in [4.69, 9.17) is 5.73 Å². The molecule has 1 rings (SSSR count). The molecule has 0 aromatic carbocycles. The zero-order valence-corrected chi connectivity index (χ0v) is 7.51. The molecule has 0 aromatic rings. The quantitative estimate of drug-likeness (QED) is 0.455. The maximum Gasteiger partial charge on any atom is 0.0909 e. The Balaban J connectivity index is 2.40. The van der Waals surface area contributed by atoms with E-state index in [2.05, 4.69) is 11.9 Å². The molecule has 0 spiro atoms. The maximum absolute atomic E-state index is 5.52. The summed E-state index contributed by atoms with van der Waals surface area (Å²) < 4.78 is 0. The summed E-state index contributed by atoms with van der Waals surface area (Å²) in [5, 5.41) is 0. The number of nitrogens with two attached hydrogens (primary N) is 1. The molecule has 11 heavy (non-hydrogen) atoms. The largest absolute Gasteiger partial charge is 0.388 e. The van der Waals surface area contributed by atoms with Crippen LogP contribution >= 0.6 is 0 Å². The Hall–Kier alpha value is -0.530. The van der Waals surface area contributed by atoms with E-state index in [1.807, 2.05) is 6.92 Å². The lowest BCUT2D eigenvalue weighted by atomic mass is 9.87. The van der Waals surface area contributed by atoms with Crippen molar-refractivity contribution in [3.8, 4) is 0 Å². The molecule has 1 fully saturated rings. The summed E-state index contributed by atoms with van der Waals surface area (Å²) in [6, 6.07) is 0.517. The molecule has 2 atom stereocenters. The van der Waals surface area contributed by atoms with Gasteiger partial charge in [0.15, 0.2) is 0 Å². The second-order valence-electron chi connectivity index (χ2n) is 3.70. The van der Waals surface area contributed by atoms with Gasteiger partial charge in [-0.05, 0) is 25.7 Å². The van der Waals surface area contributed by atoms with E-state index in [1.54, 1.807) is 0 Å². The molecule has 64 valence electrons. The molecule has 1 saturated carbocycles. The molecule has 0 saturated heterocycles. The highest BCUT2D eigenvalue weighted by Crippen LogP contribution is 2.25. The fourth-order valence-electron chi connectivity index (χ4n) is 1.81. The summed E-state index contributed by atoms with van der Waals surface area (Å²) in [4.78, 5) is 4.38. The first kappa shape index (κ1) is 8.57. The van der Waals surface area contributed by atoms with E-state index >= 15 is 0 Å². The van der Waals surface area contributed by atoms with E-state index in [0.29, 0.717) is 6.04 Å². The summed E-state index contributed by atoms with van der Waals surface area (Å²) in [5.74, 6) is 1.58. The van der Waals surface area contributed by atoms with E-state index in [1.165, 1.54) is 25.7 Å². The van der Waals surface area contributed by atoms with Gasteiger partial charge in [-0.15, -0.1) is 0 Å². The van der Waals surface area contributed by atoms with Gasteiger partial charge in [-0.1, -0.05) is 19.8 Å². The summed E-state index contributed by atoms with van der Waals surface area (Å²) >= 11 is 0. The first-order valence-corrected chi connectivity index (χ1v) is 4.48. The van der Waals surface area contributed by atoms with Crippen LogP contribution in [0, 0.1) is 5.92 Å². The molecule has 0 bridgehead atoms. The number of amidine groups is 1. The van der Waals surface area contributed by atoms with Gasteiger partial charge in [0.2, 0.25) is 0 Å². The molecule has 0 aliphatic heterocycles. The summed E-state index contributed by atoms with van der Waals surface area (Å²) in [6.45, 7) is 4.17. The van der Waals surface area contributed by atoms with E-state index in [9.17, 15) is 0 Å². The lowest BCUT2D eigenvalue weighted by Crippen LogP contribution is -2.19. The Morgan fingerprint density at radius 1 is 1.45 bits per heavy atom. The van der Waals surface area contributed by atoms with Gasteiger partial charge < -0.3 is 5.73 Å². The summed E-state index contributed by atoms with van der Waals surface area (Å²) in [7, 11) is 0. The third-order valence-electron chi connectivity index (χ3n) is 2.29. The van der Waals surface area contributed by atoms with Crippen molar-refractivity contribution >= 4 is 5.84 Å². The van der Waals surface area contributed by atoms with Crippen molar-refractivity contribution in [1.82, 2.24) is 0 Å². The Bertz CT molecular complexity index is 148. The van der Waals surface area contributed by atoms with Crippen LogP contribution in [0.15, 0.2) is 4.99 Å². The van der Waals surface area contributed by atoms with Crippen LogP contribution in [0.25, 0.3) is 0 Å². The minimum Gasteiger partial charge on any atom is -0.388 e. The lowest BCUT2D eigenvalue weighted by molar-refractivity contribution is 0.345. The highest BCUT2D eigenvalue weighted by atomic mass is 14.9. The predicted octanol–water partition coefficient (Wildman–Crippen LogP) is 1.94. The molecule has 2 heteroatoms. The van der Waals surface area contributed by atoms with E-state index < -0.39 is 0 Å². The smallest absolute Gasteiger partial charge is 0.0909 e. The van der Waals surface area contributed by atoms with Crippen molar-refractivity contribution in [3.63, 3.8) is 0 Å². The van der Waals surface area contributed by atoms with Crippen molar-refractivity contribution in [2.24, 2.45) is 16.6 Å². The molecular weight excluding hydrogens is 136 g/mol. The highest BCUT2D eigenvalue weighted by Gasteiger charge is 2.17. The average molecular weight is 154 g/mol. The minimum atomic E-state index is 0.517.